The maximum Gasteiger partial charge on any atom is 0.272 e. The molecule has 1 atom stereocenters. The number of nitrogens with zero attached hydrogens (tertiary/aromatic N) is 1. The average molecular weight is 673 g/mol. The molecule has 0 spiro atoms. The van der Waals surface area contributed by atoms with E-state index in [-0.39, 0.29) is 29.5 Å². The van der Waals surface area contributed by atoms with Gasteiger partial charge in [0.15, 0.2) is 0 Å². The third kappa shape index (κ3) is 7.15. The van der Waals surface area contributed by atoms with Crippen LogP contribution in [0.2, 0.25) is 0 Å². The fourth-order valence-corrected chi connectivity index (χ4v) is 5.94. The number of halogens is 2. The molecule has 5 rings (SSSR count). The number of imide groups is 1. The molecule has 0 bridgehead atoms. The normalized spacial score (nSPS) is 15.0. The van der Waals surface area contributed by atoms with Crippen LogP contribution in [0.25, 0.3) is 6.08 Å². The predicted octanol–water partition coefficient (Wildman–Crippen LogP) is 7.04. The topological polar surface area (TPSA) is 95.6 Å². The van der Waals surface area contributed by atoms with Crippen molar-refractivity contribution < 1.29 is 23.6 Å². The van der Waals surface area contributed by atoms with Crippen LogP contribution in [0.15, 0.2) is 106 Å². The van der Waals surface area contributed by atoms with Crippen molar-refractivity contribution >= 4 is 68.8 Å². The van der Waals surface area contributed by atoms with Gasteiger partial charge in [-0.15, -0.1) is 11.8 Å². The molecule has 0 saturated carbocycles. The zero-order valence-electron chi connectivity index (χ0n) is 23.8. The minimum atomic E-state index is -0.774. The van der Waals surface area contributed by atoms with E-state index >= 15 is 0 Å². The molecule has 7 nitrogen and oxygen atoms in total. The smallest absolute Gasteiger partial charge is 0.272 e. The lowest BCUT2D eigenvalue weighted by molar-refractivity contribution is -0.121. The third-order valence-corrected chi connectivity index (χ3v) is 8.72. The lowest BCUT2D eigenvalue weighted by Crippen LogP contribution is -2.31. The summed E-state index contributed by atoms with van der Waals surface area (Å²) in [6, 6.07) is 24.9. The molecule has 1 saturated heterocycles. The predicted molar refractivity (Wildman–Crippen MR) is 174 cm³/mol. The molecule has 0 aliphatic carbocycles. The fraction of sp³-hybridized carbons (Fsp3) is 0.118. The van der Waals surface area contributed by atoms with Gasteiger partial charge >= 0.3 is 0 Å². The molecule has 1 heterocycles. The van der Waals surface area contributed by atoms with Crippen LogP contribution < -0.4 is 15.5 Å². The number of hydrogen-bond acceptors (Lipinski definition) is 5. The van der Waals surface area contributed by atoms with Crippen molar-refractivity contribution in [1.82, 2.24) is 5.32 Å². The Bertz CT molecular complexity index is 1810. The molecule has 1 aliphatic heterocycles. The standard InChI is InChI=1S/C34H27BrFN3O4S/c1-20-10-15-25(16-21(20)2)39-31(40)19-30(34(39)43)44-26-7-5-6-24(18-26)37-33(42)29(17-22-11-13-23(35)14-12-22)38-32(41)27-8-3-4-9-28(27)36/h3-18,30H,19H2,1-2H3,(H,37,42)(H,38,41)/b29-17-/t30-/m1/s1. The largest absolute Gasteiger partial charge is 0.321 e. The first-order chi connectivity index (χ1) is 21.1. The highest BCUT2D eigenvalue weighted by Gasteiger charge is 2.40. The Hall–Kier alpha value is -4.54. The van der Waals surface area contributed by atoms with Gasteiger partial charge in [-0.1, -0.05) is 52.3 Å². The molecule has 1 aliphatic rings. The van der Waals surface area contributed by atoms with E-state index < -0.39 is 22.9 Å². The summed E-state index contributed by atoms with van der Waals surface area (Å²) in [4.78, 5) is 54.3. The Kier molecular flexibility index (Phi) is 9.41. The van der Waals surface area contributed by atoms with Crippen LogP contribution in [-0.2, 0) is 14.4 Å². The number of thioether (sulfide) groups is 1. The minimum absolute atomic E-state index is 0.0508. The second-order valence-corrected chi connectivity index (χ2v) is 12.4. The summed E-state index contributed by atoms with van der Waals surface area (Å²) in [7, 11) is 0. The molecule has 1 fully saturated rings. The van der Waals surface area contributed by atoms with E-state index in [1.54, 1.807) is 54.6 Å². The molecule has 0 aromatic heterocycles. The Morgan fingerprint density at radius 3 is 2.41 bits per heavy atom. The van der Waals surface area contributed by atoms with Gasteiger partial charge in [0.1, 0.15) is 11.5 Å². The summed E-state index contributed by atoms with van der Waals surface area (Å²) in [5, 5.41) is 4.69. The first-order valence-corrected chi connectivity index (χ1v) is 15.3. The number of anilines is 2. The molecule has 4 aromatic carbocycles. The van der Waals surface area contributed by atoms with Crippen LogP contribution in [0.3, 0.4) is 0 Å². The summed E-state index contributed by atoms with van der Waals surface area (Å²) < 4.78 is 15.1. The molecule has 10 heteroatoms. The van der Waals surface area contributed by atoms with Gasteiger partial charge in [-0.3, -0.25) is 19.2 Å². The van der Waals surface area contributed by atoms with Gasteiger partial charge in [0.05, 0.1) is 16.5 Å². The first-order valence-electron chi connectivity index (χ1n) is 13.6. The lowest BCUT2D eigenvalue weighted by Gasteiger charge is -2.16. The number of carbonyl (C=O) groups excluding carboxylic acids is 4. The maximum atomic E-state index is 14.3. The second kappa shape index (κ2) is 13.4. The quantitative estimate of drug-likeness (QED) is 0.155. The van der Waals surface area contributed by atoms with Crippen molar-refractivity contribution in [3.8, 4) is 0 Å². The van der Waals surface area contributed by atoms with E-state index in [0.29, 0.717) is 21.8 Å². The number of carbonyl (C=O) groups is 4. The SMILES string of the molecule is Cc1ccc(N2C(=O)C[C@@H](Sc3cccc(NC(=O)/C(=C/c4ccc(Br)cc4)NC(=O)c4ccccc4F)c3)C2=O)cc1C. The van der Waals surface area contributed by atoms with Crippen molar-refractivity contribution in [3.63, 3.8) is 0 Å². The highest BCUT2D eigenvalue weighted by atomic mass is 79.9. The highest BCUT2D eigenvalue weighted by molar-refractivity contribution is 9.10. The maximum absolute atomic E-state index is 14.3. The van der Waals surface area contributed by atoms with Crippen molar-refractivity contribution in [2.75, 3.05) is 10.2 Å². The average Bonchev–Trinajstić information content (AvgIpc) is 3.27. The minimum Gasteiger partial charge on any atom is -0.321 e. The Morgan fingerprint density at radius 1 is 0.932 bits per heavy atom. The van der Waals surface area contributed by atoms with Gasteiger partial charge < -0.3 is 10.6 Å². The Labute approximate surface area is 266 Å². The molecule has 0 radical (unpaired) electrons. The van der Waals surface area contributed by atoms with Gasteiger partial charge in [-0.2, -0.15) is 0 Å². The monoisotopic (exact) mass is 671 g/mol. The number of rotatable bonds is 8. The molecule has 4 amide bonds. The van der Waals surface area contributed by atoms with E-state index in [2.05, 4.69) is 26.6 Å². The van der Waals surface area contributed by atoms with E-state index in [1.807, 2.05) is 26.0 Å². The van der Waals surface area contributed by atoms with Crippen LogP contribution in [0.5, 0.6) is 0 Å². The molecule has 0 unspecified atom stereocenters. The summed E-state index contributed by atoms with van der Waals surface area (Å²) >= 11 is 4.61. The number of amides is 4. The van der Waals surface area contributed by atoms with Gasteiger partial charge in [0.25, 0.3) is 11.8 Å². The summed E-state index contributed by atoms with van der Waals surface area (Å²) in [6.45, 7) is 3.90. The van der Waals surface area contributed by atoms with Crippen LogP contribution >= 0.6 is 27.7 Å². The fourth-order valence-electron chi connectivity index (χ4n) is 4.56. The number of benzene rings is 4. The molecular weight excluding hydrogens is 645 g/mol. The zero-order chi connectivity index (χ0) is 31.4. The molecule has 4 aromatic rings. The molecule has 44 heavy (non-hydrogen) atoms. The van der Waals surface area contributed by atoms with Gasteiger partial charge in [-0.05, 0) is 91.2 Å². The van der Waals surface area contributed by atoms with Gasteiger partial charge in [0, 0.05) is 21.5 Å². The van der Waals surface area contributed by atoms with E-state index in [1.165, 1.54) is 47.0 Å². The highest BCUT2D eigenvalue weighted by Crippen LogP contribution is 2.35. The third-order valence-electron chi connectivity index (χ3n) is 7.02. The molecule has 222 valence electrons. The number of nitrogens with one attached hydrogen (secondary N) is 2. The molecular formula is C34H27BrFN3O4S. The van der Waals surface area contributed by atoms with Crippen LogP contribution in [0.4, 0.5) is 15.8 Å². The van der Waals surface area contributed by atoms with Gasteiger partial charge in [0.2, 0.25) is 11.8 Å². The number of hydrogen-bond donors (Lipinski definition) is 2. The van der Waals surface area contributed by atoms with Crippen LogP contribution in [0, 0.1) is 19.7 Å². The Balaban J connectivity index is 1.33. The second-order valence-electron chi connectivity index (χ2n) is 10.2. The number of aryl methyl sites for hydroxylation is 2. The van der Waals surface area contributed by atoms with Gasteiger partial charge in [-0.25, -0.2) is 9.29 Å². The molecule has 2 N–H and O–H groups in total. The zero-order valence-corrected chi connectivity index (χ0v) is 26.2. The van der Waals surface area contributed by atoms with Crippen molar-refractivity contribution in [1.29, 1.82) is 0 Å². The summed E-state index contributed by atoms with van der Waals surface area (Å²) in [5.41, 5.74) is 3.35. The first kappa shape index (κ1) is 30.9. The van der Waals surface area contributed by atoms with Crippen molar-refractivity contribution in [2.45, 2.75) is 30.4 Å². The lowest BCUT2D eigenvalue weighted by atomic mass is 10.1. The van der Waals surface area contributed by atoms with E-state index in [0.717, 1.165) is 15.6 Å². The Morgan fingerprint density at radius 2 is 1.68 bits per heavy atom. The summed E-state index contributed by atoms with van der Waals surface area (Å²) in [6.07, 6.45) is 1.54. The summed E-state index contributed by atoms with van der Waals surface area (Å²) in [5.74, 6) is -2.69. The van der Waals surface area contributed by atoms with E-state index in [4.69, 9.17) is 0 Å². The van der Waals surface area contributed by atoms with Crippen molar-refractivity contribution in [3.05, 3.63) is 129 Å². The van der Waals surface area contributed by atoms with Crippen LogP contribution in [0.1, 0.15) is 33.5 Å². The van der Waals surface area contributed by atoms with E-state index in [9.17, 15) is 23.6 Å². The van der Waals surface area contributed by atoms with Crippen molar-refractivity contribution in [2.24, 2.45) is 0 Å². The van der Waals surface area contributed by atoms with Crippen LogP contribution in [-0.4, -0.2) is 28.9 Å².